The fraction of sp³-hybridized carbons (Fsp3) is 0.381. The lowest BCUT2D eigenvalue weighted by molar-refractivity contribution is 0.0937. The first-order chi connectivity index (χ1) is 12.6. The van der Waals surface area contributed by atoms with E-state index in [1.807, 2.05) is 31.2 Å². The van der Waals surface area contributed by atoms with Gasteiger partial charge >= 0.3 is 0 Å². The van der Waals surface area contributed by atoms with E-state index in [0.717, 1.165) is 30.0 Å². The Bertz CT molecular complexity index is 770. The Morgan fingerprint density at radius 3 is 2.73 bits per heavy atom. The maximum Gasteiger partial charge on any atom is 0.251 e. The van der Waals surface area contributed by atoms with Crippen LogP contribution >= 0.6 is 0 Å². The first-order valence-corrected chi connectivity index (χ1v) is 9.11. The molecule has 1 fully saturated rings. The van der Waals surface area contributed by atoms with Crippen molar-refractivity contribution >= 4 is 11.6 Å². The van der Waals surface area contributed by atoms with Crippen LogP contribution in [0.15, 0.2) is 42.5 Å². The van der Waals surface area contributed by atoms with Gasteiger partial charge in [-0.3, -0.25) is 9.69 Å². The largest absolute Gasteiger partial charge is 0.497 e. The van der Waals surface area contributed by atoms with E-state index in [2.05, 4.69) is 22.3 Å². The number of ether oxygens (including phenoxy) is 1. The number of likely N-dealkylation sites (tertiary alicyclic amines) is 1. The molecule has 2 aromatic carbocycles. The number of benzene rings is 2. The SMILES string of the molecule is COc1cccc(C(CNC(=O)c2cc(N)ccc2C)N2CCCC2)c1. The molecule has 5 heteroatoms. The highest BCUT2D eigenvalue weighted by molar-refractivity contribution is 5.96. The third-order valence-corrected chi connectivity index (χ3v) is 5.02. The number of rotatable bonds is 6. The van der Waals surface area contributed by atoms with Gasteiger partial charge < -0.3 is 15.8 Å². The second kappa shape index (κ2) is 8.23. The number of anilines is 1. The second-order valence-electron chi connectivity index (χ2n) is 6.82. The molecule has 1 saturated heterocycles. The van der Waals surface area contributed by atoms with Gasteiger partial charge in [-0.1, -0.05) is 18.2 Å². The van der Waals surface area contributed by atoms with Crippen molar-refractivity contribution in [2.75, 3.05) is 32.5 Å². The van der Waals surface area contributed by atoms with Crippen LogP contribution in [-0.2, 0) is 0 Å². The van der Waals surface area contributed by atoms with Crippen molar-refractivity contribution in [3.05, 3.63) is 59.2 Å². The normalized spacial score (nSPS) is 15.6. The molecule has 2 aromatic rings. The summed E-state index contributed by atoms with van der Waals surface area (Å²) < 4.78 is 5.37. The van der Waals surface area contributed by atoms with Crippen molar-refractivity contribution in [2.45, 2.75) is 25.8 Å². The van der Waals surface area contributed by atoms with Gasteiger partial charge in [-0.25, -0.2) is 0 Å². The Morgan fingerprint density at radius 2 is 2.00 bits per heavy atom. The highest BCUT2D eigenvalue weighted by Gasteiger charge is 2.24. The Morgan fingerprint density at radius 1 is 1.23 bits per heavy atom. The highest BCUT2D eigenvalue weighted by atomic mass is 16.5. The van der Waals surface area contributed by atoms with Crippen molar-refractivity contribution in [1.29, 1.82) is 0 Å². The number of nitrogens with zero attached hydrogens (tertiary/aromatic N) is 1. The third-order valence-electron chi connectivity index (χ3n) is 5.02. The Labute approximate surface area is 155 Å². The van der Waals surface area contributed by atoms with Gasteiger partial charge in [0.05, 0.1) is 13.2 Å². The number of amides is 1. The predicted molar refractivity (Wildman–Crippen MR) is 104 cm³/mol. The Balaban J connectivity index is 1.77. The predicted octanol–water partition coefficient (Wildman–Crippen LogP) is 3.15. The first kappa shape index (κ1) is 18.3. The molecule has 0 radical (unpaired) electrons. The quantitative estimate of drug-likeness (QED) is 0.783. The average Bonchev–Trinajstić information content (AvgIpc) is 3.18. The van der Waals surface area contributed by atoms with Crippen molar-refractivity contribution in [3.63, 3.8) is 0 Å². The van der Waals surface area contributed by atoms with Crippen LogP contribution in [0, 0.1) is 6.92 Å². The zero-order valence-electron chi connectivity index (χ0n) is 15.5. The monoisotopic (exact) mass is 353 g/mol. The Kier molecular flexibility index (Phi) is 5.78. The number of methoxy groups -OCH3 is 1. The standard InChI is InChI=1S/C21H27N3O2/c1-15-8-9-17(22)13-19(15)21(25)23-14-20(24-10-3-4-11-24)16-6-5-7-18(12-16)26-2/h5-9,12-13,20H,3-4,10-11,14,22H2,1-2H3,(H,23,25). The summed E-state index contributed by atoms with van der Waals surface area (Å²) >= 11 is 0. The average molecular weight is 353 g/mol. The number of carbonyl (C=O) groups is 1. The summed E-state index contributed by atoms with van der Waals surface area (Å²) in [6.45, 7) is 4.58. The molecule has 3 rings (SSSR count). The number of hydrogen-bond acceptors (Lipinski definition) is 4. The van der Waals surface area contributed by atoms with E-state index < -0.39 is 0 Å². The van der Waals surface area contributed by atoms with E-state index in [4.69, 9.17) is 10.5 Å². The zero-order chi connectivity index (χ0) is 18.5. The van der Waals surface area contributed by atoms with E-state index in [0.29, 0.717) is 17.8 Å². The minimum atomic E-state index is -0.0816. The molecule has 1 atom stereocenters. The molecule has 26 heavy (non-hydrogen) atoms. The van der Waals surface area contributed by atoms with Crippen molar-refractivity contribution in [3.8, 4) is 5.75 Å². The van der Waals surface area contributed by atoms with Crippen molar-refractivity contribution in [2.24, 2.45) is 0 Å². The number of nitrogen functional groups attached to an aromatic ring is 1. The molecule has 3 N–H and O–H groups in total. The van der Waals surface area contributed by atoms with E-state index in [9.17, 15) is 4.79 Å². The van der Waals surface area contributed by atoms with Crippen molar-refractivity contribution in [1.82, 2.24) is 10.2 Å². The minimum absolute atomic E-state index is 0.0816. The van der Waals surface area contributed by atoms with Crippen LogP contribution in [0.25, 0.3) is 0 Å². The van der Waals surface area contributed by atoms with Gasteiger partial charge in [0.2, 0.25) is 0 Å². The number of nitrogens with two attached hydrogens (primary N) is 1. The minimum Gasteiger partial charge on any atom is -0.497 e. The smallest absolute Gasteiger partial charge is 0.251 e. The van der Waals surface area contributed by atoms with Crippen molar-refractivity contribution < 1.29 is 9.53 Å². The van der Waals surface area contributed by atoms with Gasteiger partial charge in [0.15, 0.2) is 0 Å². The molecular formula is C21H27N3O2. The van der Waals surface area contributed by atoms with Gasteiger partial charge in [-0.15, -0.1) is 0 Å². The molecule has 1 aliphatic rings. The fourth-order valence-corrected chi connectivity index (χ4v) is 3.53. The molecule has 1 amide bonds. The molecule has 1 unspecified atom stereocenters. The summed E-state index contributed by atoms with van der Waals surface area (Å²) in [6.07, 6.45) is 2.39. The fourth-order valence-electron chi connectivity index (χ4n) is 3.53. The summed E-state index contributed by atoms with van der Waals surface area (Å²) in [7, 11) is 1.67. The highest BCUT2D eigenvalue weighted by Crippen LogP contribution is 2.27. The van der Waals surface area contributed by atoms with E-state index in [-0.39, 0.29) is 11.9 Å². The molecular weight excluding hydrogens is 326 g/mol. The van der Waals surface area contributed by atoms with Gasteiger partial charge in [-0.2, -0.15) is 0 Å². The summed E-state index contributed by atoms with van der Waals surface area (Å²) in [5.41, 5.74) is 9.17. The molecule has 1 heterocycles. The van der Waals surface area contributed by atoms with E-state index >= 15 is 0 Å². The van der Waals surface area contributed by atoms with Gasteiger partial charge in [0.25, 0.3) is 5.91 Å². The number of aryl methyl sites for hydroxylation is 1. The molecule has 138 valence electrons. The van der Waals surface area contributed by atoms with Crippen LogP contribution < -0.4 is 15.8 Å². The van der Waals surface area contributed by atoms with E-state index in [1.165, 1.54) is 12.8 Å². The lowest BCUT2D eigenvalue weighted by Crippen LogP contribution is -2.37. The molecule has 0 bridgehead atoms. The maximum atomic E-state index is 12.7. The van der Waals surface area contributed by atoms with Crippen LogP contribution in [0.1, 0.15) is 40.4 Å². The summed E-state index contributed by atoms with van der Waals surface area (Å²) in [5.74, 6) is 0.756. The van der Waals surface area contributed by atoms with Gasteiger partial charge in [0.1, 0.15) is 5.75 Å². The van der Waals surface area contributed by atoms with Crippen LogP contribution in [0.2, 0.25) is 0 Å². The van der Waals surface area contributed by atoms with Crippen LogP contribution in [-0.4, -0.2) is 37.6 Å². The van der Waals surface area contributed by atoms with Crippen LogP contribution in [0.5, 0.6) is 5.75 Å². The van der Waals surface area contributed by atoms with Crippen LogP contribution in [0.3, 0.4) is 0 Å². The third kappa shape index (κ3) is 4.17. The second-order valence-corrected chi connectivity index (χ2v) is 6.82. The summed E-state index contributed by atoms with van der Waals surface area (Å²) in [6, 6.07) is 13.7. The van der Waals surface area contributed by atoms with Crippen LogP contribution in [0.4, 0.5) is 5.69 Å². The van der Waals surface area contributed by atoms with Gasteiger partial charge in [-0.05, 0) is 68.2 Å². The number of nitrogens with one attached hydrogen (secondary N) is 1. The van der Waals surface area contributed by atoms with E-state index in [1.54, 1.807) is 13.2 Å². The zero-order valence-corrected chi connectivity index (χ0v) is 15.5. The summed E-state index contributed by atoms with van der Waals surface area (Å²) in [5, 5.41) is 3.10. The first-order valence-electron chi connectivity index (χ1n) is 9.11. The lowest BCUT2D eigenvalue weighted by Gasteiger charge is -2.28. The summed E-state index contributed by atoms with van der Waals surface area (Å²) in [4.78, 5) is 15.1. The molecule has 1 aliphatic heterocycles. The topological polar surface area (TPSA) is 67.6 Å². The molecule has 0 aromatic heterocycles. The molecule has 0 saturated carbocycles. The molecule has 0 aliphatic carbocycles. The Hall–Kier alpha value is -2.53. The molecule has 5 nitrogen and oxygen atoms in total. The van der Waals surface area contributed by atoms with Gasteiger partial charge in [0, 0.05) is 17.8 Å². The maximum absolute atomic E-state index is 12.7. The lowest BCUT2D eigenvalue weighted by atomic mass is 10.0. The number of carbonyl (C=O) groups excluding carboxylic acids is 1. The molecule has 0 spiro atoms. The number of hydrogen-bond donors (Lipinski definition) is 2.